The van der Waals surface area contributed by atoms with Crippen LogP contribution in [0.1, 0.15) is 22.5 Å². The van der Waals surface area contributed by atoms with Crippen LogP contribution >= 0.6 is 0 Å². The Labute approximate surface area is 122 Å². The summed E-state index contributed by atoms with van der Waals surface area (Å²) in [6.45, 7) is 6.76. The molecule has 0 radical (unpaired) electrons. The minimum Gasteiger partial charge on any atom is -0.353 e. The van der Waals surface area contributed by atoms with E-state index in [0.717, 1.165) is 41.3 Å². The molecular formula is C17H17N3O. The van der Waals surface area contributed by atoms with Crippen LogP contribution in [0.25, 0.3) is 22.3 Å². The Bertz CT molecular complexity index is 947. The maximum absolute atomic E-state index is 12.1. The first-order chi connectivity index (χ1) is 10.1. The van der Waals surface area contributed by atoms with Crippen LogP contribution in [0.4, 0.5) is 0 Å². The van der Waals surface area contributed by atoms with Gasteiger partial charge in [-0.25, -0.2) is 0 Å². The third-order valence-corrected chi connectivity index (χ3v) is 4.48. The Kier molecular flexibility index (Phi) is 2.40. The standard InChI is InChI=1S/C17H17N3O/c1-9-4-5-14-13(8-9)12-6-7-20-11(3)18-17(21)10(2)16(20)15(12)19-14/h4-5,8,19H,6-7H2,1-3H3. The van der Waals surface area contributed by atoms with Gasteiger partial charge in [0, 0.05) is 23.0 Å². The zero-order chi connectivity index (χ0) is 14.7. The van der Waals surface area contributed by atoms with E-state index in [4.69, 9.17) is 0 Å². The van der Waals surface area contributed by atoms with Gasteiger partial charge < -0.3 is 9.55 Å². The van der Waals surface area contributed by atoms with Crippen molar-refractivity contribution in [2.24, 2.45) is 0 Å². The molecular weight excluding hydrogens is 262 g/mol. The van der Waals surface area contributed by atoms with Crippen molar-refractivity contribution in [1.29, 1.82) is 0 Å². The number of nitrogens with zero attached hydrogens (tertiary/aromatic N) is 2. The predicted molar refractivity (Wildman–Crippen MR) is 83.7 cm³/mol. The lowest BCUT2D eigenvalue weighted by Crippen LogP contribution is -2.24. The van der Waals surface area contributed by atoms with Crippen molar-refractivity contribution in [1.82, 2.24) is 14.5 Å². The highest BCUT2D eigenvalue weighted by Crippen LogP contribution is 2.35. The molecule has 0 spiro atoms. The first kappa shape index (κ1) is 12.4. The molecule has 3 aromatic rings. The maximum Gasteiger partial charge on any atom is 0.276 e. The van der Waals surface area contributed by atoms with E-state index >= 15 is 0 Å². The van der Waals surface area contributed by atoms with E-state index < -0.39 is 0 Å². The van der Waals surface area contributed by atoms with Crippen LogP contribution in [0.3, 0.4) is 0 Å². The highest BCUT2D eigenvalue weighted by molar-refractivity contribution is 5.91. The van der Waals surface area contributed by atoms with Crippen molar-refractivity contribution in [3.8, 4) is 11.4 Å². The molecule has 2 aromatic heterocycles. The summed E-state index contributed by atoms with van der Waals surface area (Å²) < 4.78 is 2.15. The third kappa shape index (κ3) is 1.62. The molecule has 4 rings (SSSR count). The average molecular weight is 279 g/mol. The predicted octanol–water partition coefficient (Wildman–Crippen LogP) is 2.87. The molecule has 3 heterocycles. The molecule has 0 saturated heterocycles. The van der Waals surface area contributed by atoms with Crippen molar-refractivity contribution in [3.05, 3.63) is 51.1 Å². The van der Waals surface area contributed by atoms with E-state index in [1.807, 2.05) is 13.8 Å². The normalized spacial score (nSPS) is 13.3. The second kappa shape index (κ2) is 4.07. The van der Waals surface area contributed by atoms with Gasteiger partial charge in [-0.3, -0.25) is 4.79 Å². The fourth-order valence-electron chi connectivity index (χ4n) is 3.40. The van der Waals surface area contributed by atoms with E-state index in [1.165, 1.54) is 16.5 Å². The Hall–Kier alpha value is -2.36. The van der Waals surface area contributed by atoms with Crippen LogP contribution in [-0.2, 0) is 13.0 Å². The molecule has 0 fully saturated rings. The smallest absolute Gasteiger partial charge is 0.276 e. The summed E-state index contributed by atoms with van der Waals surface area (Å²) in [5, 5.41) is 1.28. The van der Waals surface area contributed by atoms with E-state index in [1.54, 1.807) is 0 Å². The molecule has 0 atom stereocenters. The molecule has 1 aliphatic rings. The molecule has 0 bridgehead atoms. The number of aromatic nitrogens is 3. The van der Waals surface area contributed by atoms with Gasteiger partial charge in [-0.2, -0.15) is 4.98 Å². The molecule has 1 N–H and O–H groups in total. The highest BCUT2D eigenvalue weighted by atomic mass is 16.1. The summed E-state index contributed by atoms with van der Waals surface area (Å²) in [5.41, 5.74) is 6.41. The number of benzene rings is 1. The van der Waals surface area contributed by atoms with Gasteiger partial charge in [0.15, 0.2) is 0 Å². The SMILES string of the molecule is Cc1ccc2[nH]c3c(c2c1)CCn1c(C)nc(=O)c(C)c1-3. The molecule has 4 nitrogen and oxygen atoms in total. The average Bonchev–Trinajstić information content (AvgIpc) is 2.82. The molecule has 106 valence electrons. The molecule has 0 amide bonds. The minimum absolute atomic E-state index is 0.124. The number of hydrogen-bond acceptors (Lipinski definition) is 2. The lowest BCUT2D eigenvalue weighted by molar-refractivity contribution is 0.635. The summed E-state index contributed by atoms with van der Waals surface area (Å²) in [6, 6.07) is 6.46. The third-order valence-electron chi connectivity index (χ3n) is 4.48. The van der Waals surface area contributed by atoms with Gasteiger partial charge in [-0.05, 0) is 44.9 Å². The van der Waals surface area contributed by atoms with Gasteiger partial charge in [0.2, 0.25) is 0 Å². The summed E-state index contributed by atoms with van der Waals surface area (Å²) in [5.74, 6) is 0.793. The summed E-state index contributed by atoms with van der Waals surface area (Å²) in [7, 11) is 0. The van der Waals surface area contributed by atoms with E-state index in [-0.39, 0.29) is 5.56 Å². The van der Waals surface area contributed by atoms with E-state index in [0.29, 0.717) is 0 Å². The lowest BCUT2D eigenvalue weighted by Gasteiger charge is -2.22. The first-order valence-electron chi connectivity index (χ1n) is 7.26. The van der Waals surface area contributed by atoms with Crippen molar-refractivity contribution < 1.29 is 0 Å². The van der Waals surface area contributed by atoms with Crippen LogP contribution in [0, 0.1) is 20.8 Å². The van der Waals surface area contributed by atoms with Crippen LogP contribution in [-0.4, -0.2) is 14.5 Å². The zero-order valence-electron chi connectivity index (χ0n) is 12.4. The number of aryl methyl sites for hydroxylation is 3. The lowest BCUT2D eigenvalue weighted by atomic mass is 9.99. The number of nitrogens with one attached hydrogen (secondary N) is 1. The number of H-pyrrole nitrogens is 1. The van der Waals surface area contributed by atoms with Gasteiger partial charge in [0.25, 0.3) is 5.56 Å². The Morgan fingerprint density at radius 1 is 1.24 bits per heavy atom. The Balaban J connectivity index is 2.14. The van der Waals surface area contributed by atoms with Gasteiger partial charge in [0.1, 0.15) is 5.82 Å². The van der Waals surface area contributed by atoms with Gasteiger partial charge in [-0.1, -0.05) is 11.6 Å². The summed E-state index contributed by atoms with van der Waals surface area (Å²) in [4.78, 5) is 19.7. The van der Waals surface area contributed by atoms with Crippen molar-refractivity contribution in [2.75, 3.05) is 0 Å². The van der Waals surface area contributed by atoms with Crippen molar-refractivity contribution in [3.63, 3.8) is 0 Å². The summed E-state index contributed by atoms with van der Waals surface area (Å²) >= 11 is 0. The summed E-state index contributed by atoms with van der Waals surface area (Å²) in [6.07, 6.45) is 0.969. The van der Waals surface area contributed by atoms with Crippen molar-refractivity contribution >= 4 is 10.9 Å². The van der Waals surface area contributed by atoms with Crippen LogP contribution in [0.15, 0.2) is 23.0 Å². The highest BCUT2D eigenvalue weighted by Gasteiger charge is 2.24. The number of aromatic amines is 1. The fourth-order valence-corrected chi connectivity index (χ4v) is 3.40. The quantitative estimate of drug-likeness (QED) is 0.688. The molecule has 1 aliphatic heterocycles. The first-order valence-corrected chi connectivity index (χ1v) is 7.26. The van der Waals surface area contributed by atoms with Crippen LogP contribution < -0.4 is 5.56 Å². The molecule has 4 heteroatoms. The second-order valence-electron chi connectivity index (χ2n) is 5.87. The fraction of sp³-hybridized carbons (Fsp3) is 0.294. The van der Waals surface area contributed by atoms with E-state index in [9.17, 15) is 4.79 Å². The van der Waals surface area contributed by atoms with Crippen LogP contribution in [0.5, 0.6) is 0 Å². The molecule has 1 aromatic carbocycles. The van der Waals surface area contributed by atoms with Gasteiger partial charge >= 0.3 is 0 Å². The number of hydrogen-bond donors (Lipinski definition) is 1. The zero-order valence-corrected chi connectivity index (χ0v) is 12.4. The topological polar surface area (TPSA) is 50.7 Å². The number of fused-ring (bicyclic) bond motifs is 5. The maximum atomic E-state index is 12.1. The van der Waals surface area contributed by atoms with Crippen molar-refractivity contribution in [2.45, 2.75) is 33.7 Å². The van der Waals surface area contributed by atoms with Gasteiger partial charge in [-0.15, -0.1) is 0 Å². The van der Waals surface area contributed by atoms with E-state index in [2.05, 4.69) is 39.7 Å². The molecule has 0 aliphatic carbocycles. The van der Waals surface area contributed by atoms with Gasteiger partial charge in [0.05, 0.1) is 11.4 Å². The monoisotopic (exact) mass is 279 g/mol. The molecule has 0 unspecified atom stereocenters. The molecule has 0 saturated carbocycles. The van der Waals surface area contributed by atoms with Crippen LogP contribution in [0.2, 0.25) is 0 Å². The second-order valence-corrected chi connectivity index (χ2v) is 5.87. The minimum atomic E-state index is -0.124. The molecule has 21 heavy (non-hydrogen) atoms. The largest absolute Gasteiger partial charge is 0.353 e. The Morgan fingerprint density at radius 3 is 2.86 bits per heavy atom. The number of rotatable bonds is 0. The Morgan fingerprint density at radius 2 is 2.05 bits per heavy atom.